The highest BCUT2D eigenvalue weighted by Crippen LogP contribution is 2.65. The third kappa shape index (κ3) is 4.92. The fourth-order valence-electron chi connectivity index (χ4n) is 7.14. The summed E-state index contributed by atoms with van der Waals surface area (Å²) in [4.78, 5) is 0. The Hall–Kier alpha value is -4.56. The lowest BCUT2D eigenvalue weighted by atomic mass is 10.1. The molecule has 47 heavy (non-hydrogen) atoms. The van der Waals surface area contributed by atoms with Gasteiger partial charge in [-0.15, -0.1) is 0 Å². The third-order valence-corrected chi connectivity index (χ3v) is 20.6. The van der Waals surface area contributed by atoms with E-state index in [0.717, 1.165) is 0 Å². The topological polar surface area (TPSA) is 0 Å². The first-order valence-electron chi connectivity index (χ1n) is 16.0. The summed E-state index contributed by atoms with van der Waals surface area (Å²) >= 11 is 0. The van der Waals surface area contributed by atoms with Gasteiger partial charge in [0.25, 0.3) is 0 Å². The molecule has 0 spiro atoms. The van der Waals surface area contributed by atoms with E-state index >= 15 is 0 Å². The van der Waals surface area contributed by atoms with Crippen molar-refractivity contribution in [3.8, 4) is 0 Å². The largest absolute Gasteiger partial charge is 0.149 e. The van der Waals surface area contributed by atoms with Crippen LogP contribution in [0.15, 0.2) is 206 Å². The van der Waals surface area contributed by atoms with Crippen LogP contribution < -0.4 is 31.8 Å². The Balaban J connectivity index is 1.62. The second-order valence-electron chi connectivity index (χ2n) is 11.7. The second-order valence-corrected chi connectivity index (χ2v) is 20.2. The first kappa shape index (κ1) is 29.8. The number of fused-ring (bicyclic) bond motifs is 1. The fourth-order valence-corrected chi connectivity index (χ4v) is 20.2. The van der Waals surface area contributed by atoms with E-state index in [9.17, 15) is 0 Å². The average molecular weight is 656 g/mol. The average Bonchev–Trinajstić information content (AvgIpc) is 3.55. The lowest BCUT2D eigenvalue weighted by Crippen LogP contribution is -2.36. The maximum Gasteiger partial charge on any atom is 0.149 e. The van der Waals surface area contributed by atoms with E-state index in [1.54, 1.807) is 0 Å². The highest BCUT2D eigenvalue weighted by molar-refractivity contribution is 8.17. The molecule has 1 aliphatic rings. The fraction of sp³-hybridized carbons (Fsp3) is 0. The molecule has 0 radical (unpaired) electrons. The molecule has 3 heteroatoms. The molecule has 0 amide bonds. The van der Waals surface area contributed by atoms with E-state index in [-0.39, 0.29) is 0 Å². The van der Waals surface area contributed by atoms with Crippen LogP contribution >= 0.6 is 22.4 Å². The van der Waals surface area contributed by atoms with Gasteiger partial charge in [0.1, 0.15) is 28.2 Å². The number of rotatable bonds is 7. The van der Waals surface area contributed by atoms with Gasteiger partial charge in [-0.3, -0.25) is 0 Å². The van der Waals surface area contributed by atoms with Gasteiger partial charge in [-0.1, -0.05) is 164 Å². The highest BCUT2D eigenvalue weighted by Gasteiger charge is 2.53. The Morgan fingerprint density at radius 3 is 0.979 bits per heavy atom. The van der Waals surface area contributed by atoms with Crippen molar-refractivity contribution in [2.45, 2.75) is 0 Å². The molecule has 0 aromatic heterocycles. The van der Waals surface area contributed by atoms with E-state index in [2.05, 4.69) is 206 Å². The molecule has 1 aliphatic heterocycles. The zero-order valence-electron chi connectivity index (χ0n) is 26.0. The van der Waals surface area contributed by atoms with Gasteiger partial charge < -0.3 is 0 Å². The van der Waals surface area contributed by atoms with E-state index in [1.807, 2.05) is 0 Å². The van der Waals surface area contributed by atoms with E-state index in [4.69, 9.17) is 0 Å². The van der Waals surface area contributed by atoms with Crippen molar-refractivity contribution in [3.05, 3.63) is 217 Å². The molecule has 0 saturated heterocycles. The Kier molecular flexibility index (Phi) is 8.19. The minimum Gasteiger partial charge on any atom is -0.0622 e. The van der Waals surface area contributed by atoms with Crippen LogP contribution in [0.4, 0.5) is 0 Å². The molecule has 0 bridgehead atoms. The molecule has 0 fully saturated rings. The predicted molar refractivity (Wildman–Crippen MR) is 212 cm³/mol. The summed E-state index contributed by atoms with van der Waals surface area (Å²) in [7, 11) is -1.03. The van der Waals surface area contributed by atoms with Crippen molar-refractivity contribution in [2.24, 2.45) is 0 Å². The van der Waals surface area contributed by atoms with Crippen LogP contribution in [0.5, 0.6) is 0 Å². The highest BCUT2D eigenvalue weighted by atomic mass is 31.2. The van der Waals surface area contributed by atoms with Crippen LogP contribution in [0, 0.1) is 0 Å². The van der Waals surface area contributed by atoms with Gasteiger partial charge in [-0.05, 0) is 79.0 Å². The lowest BCUT2D eigenvalue weighted by Gasteiger charge is -2.31. The van der Waals surface area contributed by atoms with Crippen molar-refractivity contribution in [2.75, 3.05) is 0 Å². The van der Waals surface area contributed by atoms with Gasteiger partial charge in [-0.25, -0.2) is 0 Å². The minimum absolute atomic E-state index is 1.29. The molecular weight excluding hydrogens is 621 g/mol. The van der Waals surface area contributed by atoms with Crippen LogP contribution in [0.2, 0.25) is 0 Å². The molecule has 7 aromatic carbocycles. The molecule has 0 aliphatic carbocycles. The first-order valence-corrected chi connectivity index (χ1v) is 20.5. The number of hydrogen-bond acceptors (Lipinski definition) is 0. The first-order chi connectivity index (χ1) is 23.3. The van der Waals surface area contributed by atoms with Crippen molar-refractivity contribution < 1.29 is 0 Å². The van der Waals surface area contributed by atoms with Gasteiger partial charge >= 0.3 is 0 Å². The summed E-state index contributed by atoms with van der Waals surface area (Å²) in [6.45, 7) is -2.31. The maximum atomic E-state index is 2.39. The van der Waals surface area contributed by atoms with E-state index in [1.165, 1.54) is 61.2 Å². The van der Waals surface area contributed by atoms with Gasteiger partial charge in [0.05, 0.1) is 0 Å². The van der Waals surface area contributed by atoms with E-state index in [0.29, 0.717) is 0 Å². The third-order valence-electron chi connectivity index (χ3n) is 9.12. The second kappa shape index (κ2) is 12.9. The molecule has 8 rings (SSSR count). The molecule has 0 nitrogen and oxygen atoms in total. The molecule has 7 aromatic rings. The number of benzene rings is 7. The Labute approximate surface area is 280 Å². The van der Waals surface area contributed by atoms with Crippen molar-refractivity contribution in [3.63, 3.8) is 0 Å². The minimum atomic E-state index is -2.31. The standard InChI is InChI=1S/C44H34P3/c1-7-21-35(22-8-1)46(36-23-9-2-10-24-36,37-25-11-3-12-26-37)43-41-33-19-20-34-42(41)44(45-43)47(38-27-13-4-14-28-38,39-29-15-5-16-30-39)40-31-17-6-18-32-40/h1-34H/q+1. The molecule has 0 unspecified atom stereocenters. The summed E-state index contributed by atoms with van der Waals surface area (Å²) in [6.07, 6.45) is 0. The van der Waals surface area contributed by atoms with Crippen LogP contribution in [0.3, 0.4) is 0 Å². The molecule has 0 N–H and O–H groups in total. The number of hydrogen-bond donors (Lipinski definition) is 0. The maximum absolute atomic E-state index is 2.39. The molecule has 0 atom stereocenters. The Bertz CT molecular complexity index is 2010. The summed E-state index contributed by atoms with van der Waals surface area (Å²) in [5.74, 6) is 0. The van der Waals surface area contributed by atoms with Crippen LogP contribution in [0.1, 0.15) is 11.1 Å². The Morgan fingerprint density at radius 2 is 0.617 bits per heavy atom. The summed E-state index contributed by atoms with van der Waals surface area (Å²) < 4.78 is 0. The zero-order valence-corrected chi connectivity index (χ0v) is 28.7. The van der Waals surface area contributed by atoms with E-state index < -0.39 is 14.1 Å². The van der Waals surface area contributed by atoms with Crippen molar-refractivity contribution in [1.82, 2.24) is 0 Å². The monoisotopic (exact) mass is 655 g/mol. The summed E-state index contributed by atoms with van der Waals surface area (Å²) in [5.41, 5.74) is 2.75. The Morgan fingerprint density at radius 1 is 0.319 bits per heavy atom. The lowest BCUT2D eigenvalue weighted by molar-refractivity contribution is 1.65. The van der Waals surface area contributed by atoms with Gasteiger partial charge in [0.15, 0.2) is 0 Å². The SMILES string of the molecule is c1ccc(P(=C2P=C([P+](c3ccccc3)(c3ccccc3)c3ccccc3)c3ccccc32)(c2ccccc2)c2ccccc2)cc1. The summed E-state index contributed by atoms with van der Waals surface area (Å²) in [6, 6.07) is 77.1. The summed E-state index contributed by atoms with van der Waals surface area (Å²) in [5, 5.41) is 11.4. The van der Waals surface area contributed by atoms with Crippen LogP contribution in [-0.4, -0.2) is 10.1 Å². The molecule has 0 saturated carbocycles. The van der Waals surface area contributed by atoms with Crippen molar-refractivity contribution >= 4 is 64.2 Å². The quantitative estimate of drug-likeness (QED) is 0.151. The van der Waals surface area contributed by atoms with Gasteiger partial charge in [-0.2, -0.15) is 0 Å². The zero-order chi connectivity index (χ0) is 31.5. The van der Waals surface area contributed by atoms with Crippen molar-refractivity contribution in [1.29, 1.82) is 0 Å². The van der Waals surface area contributed by atoms with Crippen LogP contribution in [-0.2, 0) is 0 Å². The molecule has 1 heterocycles. The smallest absolute Gasteiger partial charge is 0.0622 e. The van der Waals surface area contributed by atoms with Gasteiger partial charge in [0, 0.05) is 10.6 Å². The van der Waals surface area contributed by atoms with Gasteiger partial charge in [0.2, 0.25) is 0 Å². The normalized spacial score (nSPS) is 13.1. The van der Waals surface area contributed by atoms with Crippen LogP contribution in [0.25, 0.3) is 0 Å². The predicted octanol–water partition coefficient (Wildman–Crippen LogP) is 8.59. The molecule has 224 valence electrons. The molecular formula is C44H34P3+.